The minimum Gasteiger partial charge on any atom is -0.493 e. The van der Waals surface area contributed by atoms with Gasteiger partial charge >= 0.3 is 0 Å². The molecule has 1 N–H and O–H groups in total. The number of imidazole rings is 1. The topological polar surface area (TPSA) is 58.9 Å². The number of rotatable bonds is 4. The van der Waals surface area contributed by atoms with E-state index in [1.54, 1.807) is 14.1 Å². The second-order valence-electron chi connectivity index (χ2n) is 7.47. The average molecular weight is 400 g/mol. The Bertz CT molecular complexity index is 1090. The molecule has 1 aromatic carbocycles. The molecule has 1 unspecified atom stereocenters. The maximum Gasteiger partial charge on any atom is 0.226 e. The number of halogens is 2. The van der Waals surface area contributed by atoms with Gasteiger partial charge in [0.05, 0.1) is 36.0 Å². The summed E-state index contributed by atoms with van der Waals surface area (Å²) >= 11 is 0. The van der Waals surface area contributed by atoms with Crippen LogP contribution in [0.1, 0.15) is 29.3 Å². The SMILES string of the molecule is Cc1cn2cc(CC(=O)N(C)C)cc(NC3CCOc4cc(F)cc(F)c43)c2n1. The average Bonchev–Trinajstić information content (AvgIpc) is 3.01. The monoisotopic (exact) mass is 400 g/mol. The number of nitrogens with one attached hydrogen (secondary N) is 1. The maximum atomic E-state index is 14.5. The van der Waals surface area contributed by atoms with E-state index in [1.165, 1.54) is 11.0 Å². The van der Waals surface area contributed by atoms with E-state index in [4.69, 9.17) is 4.74 Å². The molecule has 1 aliphatic rings. The molecule has 6 nitrogen and oxygen atoms in total. The lowest BCUT2D eigenvalue weighted by Gasteiger charge is -2.28. The van der Waals surface area contributed by atoms with Crippen molar-refractivity contribution in [2.45, 2.75) is 25.8 Å². The van der Waals surface area contributed by atoms with Crippen molar-refractivity contribution in [3.63, 3.8) is 0 Å². The van der Waals surface area contributed by atoms with Crippen molar-refractivity contribution in [2.24, 2.45) is 0 Å². The molecule has 0 radical (unpaired) electrons. The number of aryl methyl sites for hydroxylation is 1. The standard InChI is InChI=1S/C21H22F2N4O2/c1-12-10-27-11-13(7-19(28)26(2)3)6-17(21(27)24-12)25-16-4-5-29-18-9-14(22)8-15(23)20(16)18/h6,8-11,16,25H,4-5,7H2,1-3H3. The first-order chi connectivity index (χ1) is 13.8. The molecular weight excluding hydrogens is 378 g/mol. The predicted octanol–water partition coefficient (Wildman–Crippen LogP) is 3.49. The van der Waals surface area contributed by atoms with Crippen LogP contribution in [-0.2, 0) is 11.2 Å². The van der Waals surface area contributed by atoms with Gasteiger partial charge in [-0.1, -0.05) is 0 Å². The number of amides is 1. The second-order valence-corrected chi connectivity index (χ2v) is 7.47. The van der Waals surface area contributed by atoms with Crippen LogP contribution in [0.25, 0.3) is 5.65 Å². The van der Waals surface area contributed by atoms with Crippen LogP contribution < -0.4 is 10.1 Å². The lowest BCUT2D eigenvalue weighted by Crippen LogP contribution is -2.24. The van der Waals surface area contributed by atoms with E-state index in [1.807, 2.05) is 29.8 Å². The number of hydrogen-bond donors (Lipinski definition) is 1. The number of anilines is 1. The molecular formula is C21H22F2N4O2. The molecule has 29 heavy (non-hydrogen) atoms. The van der Waals surface area contributed by atoms with Crippen molar-refractivity contribution < 1.29 is 18.3 Å². The first-order valence-electron chi connectivity index (χ1n) is 9.38. The van der Waals surface area contributed by atoms with E-state index in [2.05, 4.69) is 10.3 Å². The maximum absolute atomic E-state index is 14.5. The van der Waals surface area contributed by atoms with Gasteiger partial charge in [0, 0.05) is 45.0 Å². The number of likely N-dealkylation sites (N-methyl/N-ethyl adjacent to an activating group) is 1. The summed E-state index contributed by atoms with van der Waals surface area (Å²) in [4.78, 5) is 18.3. The Balaban J connectivity index is 1.74. The van der Waals surface area contributed by atoms with Gasteiger partial charge in [0.25, 0.3) is 0 Å². The van der Waals surface area contributed by atoms with E-state index in [-0.39, 0.29) is 18.1 Å². The normalized spacial score (nSPS) is 15.7. The Hall–Kier alpha value is -3.16. The highest BCUT2D eigenvalue weighted by Crippen LogP contribution is 2.37. The number of aromatic nitrogens is 2. The highest BCUT2D eigenvalue weighted by molar-refractivity contribution is 5.79. The smallest absolute Gasteiger partial charge is 0.226 e. The Morgan fingerprint density at radius 1 is 1.31 bits per heavy atom. The second kappa shape index (κ2) is 7.35. The van der Waals surface area contributed by atoms with Gasteiger partial charge in [-0.25, -0.2) is 13.8 Å². The summed E-state index contributed by atoms with van der Waals surface area (Å²) in [6, 6.07) is 3.52. The fraction of sp³-hybridized carbons (Fsp3) is 0.333. The highest BCUT2D eigenvalue weighted by atomic mass is 19.1. The van der Waals surface area contributed by atoms with E-state index in [0.717, 1.165) is 17.3 Å². The van der Waals surface area contributed by atoms with Crippen LogP contribution >= 0.6 is 0 Å². The van der Waals surface area contributed by atoms with Gasteiger partial charge in [-0.3, -0.25) is 4.79 Å². The lowest BCUT2D eigenvalue weighted by atomic mass is 9.99. The minimum atomic E-state index is -0.669. The number of ether oxygens (including phenoxy) is 1. The quantitative estimate of drug-likeness (QED) is 0.729. The molecule has 0 saturated carbocycles. The summed E-state index contributed by atoms with van der Waals surface area (Å²) in [5, 5.41) is 3.35. The summed E-state index contributed by atoms with van der Waals surface area (Å²) in [5.41, 5.74) is 3.30. The first kappa shape index (κ1) is 19.2. The van der Waals surface area contributed by atoms with Crippen molar-refractivity contribution in [1.29, 1.82) is 0 Å². The molecule has 152 valence electrons. The minimum absolute atomic E-state index is 0.0231. The van der Waals surface area contributed by atoms with Gasteiger partial charge in [0.1, 0.15) is 17.4 Å². The molecule has 3 aromatic rings. The molecule has 0 aliphatic carbocycles. The van der Waals surface area contributed by atoms with Gasteiger partial charge in [-0.15, -0.1) is 0 Å². The molecule has 0 saturated heterocycles. The zero-order chi connectivity index (χ0) is 20.7. The molecule has 3 heterocycles. The number of hydrogen-bond acceptors (Lipinski definition) is 4. The summed E-state index contributed by atoms with van der Waals surface area (Å²) in [6.07, 6.45) is 4.49. The molecule has 1 amide bonds. The molecule has 0 fully saturated rings. The number of carbonyl (C=O) groups is 1. The van der Waals surface area contributed by atoms with Gasteiger partial charge in [-0.2, -0.15) is 0 Å². The van der Waals surface area contributed by atoms with E-state index in [0.29, 0.717) is 29.9 Å². The van der Waals surface area contributed by atoms with Crippen LogP contribution in [-0.4, -0.2) is 40.9 Å². The van der Waals surface area contributed by atoms with Crippen molar-refractivity contribution in [1.82, 2.24) is 14.3 Å². The van der Waals surface area contributed by atoms with E-state index in [9.17, 15) is 13.6 Å². The van der Waals surface area contributed by atoms with Crippen molar-refractivity contribution in [2.75, 3.05) is 26.0 Å². The summed E-state index contributed by atoms with van der Waals surface area (Å²) < 4.78 is 35.4. The fourth-order valence-corrected chi connectivity index (χ4v) is 3.60. The van der Waals surface area contributed by atoms with Gasteiger partial charge < -0.3 is 19.4 Å². The van der Waals surface area contributed by atoms with Crippen LogP contribution in [0.2, 0.25) is 0 Å². The van der Waals surface area contributed by atoms with Crippen LogP contribution in [0.3, 0.4) is 0 Å². The Kier molecular flexibility index (Phi) is 4.86. The molecule has 1 atom stereocenters. The van der Waals surface area contributed by atoms with E-state index >= 15 is 0 Å². The number of fused-ring (bicyclic) bond motifs is 2. The number of benzene rings is 1. The summed E-state index contributed by atoms with van der Waals surface area (Å²) in [5.74, 6) is -1.13. The molecule has 1 aliphatic heterocycles. The van der Waals surface area contributed by atoms with Crippen LogP contribution in [0, 0.1) is 18.6 Å². The predicted molar refractivity (Wildman–Crippen MR) is 105 cm³/mol. The summed E-state index contributed by atoms with van der Waals surface area (Å²) in [6.45, 7) is 2.23. The third kappa shape index (κ3) is 3.74. The van der Waals surface area contributed by atoms with Crippen molar-refractivity contribution in [3.8, 4) is 5.75 Å². The Morgan fingerprint density at radius 3 is 2.86 bits per heavy atom. The van der Waals surface area contributed by atoms with Crippen molar-refractivity contribution in [3.05, 3.63) is 59.0 Å². The molecule has 0 spiro atoms. The molecule has 2 aromatic heterocycles. The largest absolute Gasteiger partial charge is 0.493 e. The van der Waals surface area contributed by atoms with Crippen LogP contribution in [0.5, 0.6) is 5.75 Å². The number of nitrogens with zero attached hydrogens (tertiary/aromatic N) is 3. The van der Waals surface area contributed by atoms with Gasteiger partial charge in [0.2, 0.25) is 5.91 Å². The Morgan fingerprint density at radius 2 is 2.10 bits per heavy atom. The third-order valence-electron chi connectivity index (χ3n) is 4.98. The zero-order valence-corrected chi connectivity index (χ0v) is 16.5. The molecule has 8 heteroatoms. The molecule has 4 rings (SSSR count). The zero-order valence-electron chi connectivity index (χ0n) is 16.5. The lowest BCUT2D eigenvalue weighted by molar-refractivity contribution is -0.127. The fourth-order valence-electron chi connectivity index (χ4n) is 3.60. The van der Waals surface area contributed by atoms with Crippen LogP contribution in [0.15, 0.2) is 30.6 Å². The Labute approximate surface area is 167 Å². The van der Waals surface area contributed by atoms with Crippen molar-refractivity contribution >= 4 is 17.2 Å². The molecule has 0 bridgehead atoms. The number of pyridine rings is 1. The van der Waals surface area contributed by atoms with Gasteiger partial charge in [0.15, 0.2) is 5.65 Å². The van der Waals surface area contributed by atoms with E-state index < -0.39 is 17.7 Å². The summed E-state index contributed by atoms with van der Waals surface area (Å²) in [7, 11) is 3.42. The first-order valence-corrected chi connectivity index (χ1v) is 9.38. The van der Waals surface area contributed by atoms with Crippen LogP contribution in [0.4, 0.5) is 14.5 Å². The highest BCUT2D eigenvalue weighted by Gasteiger charge is 2.27. The van der Waals surface area contributed by atoms with Gasteiger partial charge in [-0.05, 0) is 18.6 Å². The third-order valence-corrected chi connectivity index (χ3v) is 4.98. The number of carbonyl (C=O) groups excluding carboxylic acids is 1.